The van der Waals surface area contributed by atoms with E-state index in [0.717, 1.165) is 51.5 Å². The maximum absolute atomic E-state index is 5.17. The second-order valence-corrected chi connectivity index (χ2v) is 11.0. The number of pyridine rings is 2. The number of nitrogens with zero attached hydrogens (tertiary/aromatic N) is 2. The zero-order valence-electron chi connectivity index (χ0n) is 24.4. The van der Waals surface area contributed by atoms with Gasteiger partial charge in [0.1, 0.15) is 0 Å². The summed E-state index contributed by atoms with van der Waals surface area (Å²) in [7, 11) is 0. The maximum atomic E-state index is 5.17. The van der Waals surface area contributed by atoms with Crippen molar-refractivity contribution in [3.63, 3.8) is 0 Å². The molecule has 5 aromatic carbocycles. The number of aromatic nitrogens is 2. The third kappa shape index (κ3) is 6.11. The Hall–Kier alpha value is -5.60. The predicted octanol–water partition coefficient (Wildman–Crippen LogP) is 10.5. The Kier molecular flexibility index (Phi) is 7.88. The van der Waals surface area contributed by atoms with Gasteiger partial charge in [-0.2, -0.15) is 0 Å². The Labute approximate surface area is 259 Å². The van der Waals surface area contributed by atoms with Gasteiger partial charge < -0.3 is 0 Å². The number of hydrogen-bond donors (Lipinski definition) is 0. The van der Waals surface area contributed by atoms with Gasteiger partial charge in [-0.25, -0.2) is 9.97 Å². The third-order valence-corrected chi connectivity index (χ3v) is 8.06. The molecule has 0 aliphatic carbocycles. The molecule has 44 heavy (non-hydrogen) atoms. The van der Waals surface area contributed by atoms with Crippen LogP contribution in [0.4, 0.5) is 0 Å². The minimum atomic E-state index is 0.0678. The van der Waals surface area contributed by atoms with Crippen molar-refractivity contribution >= 4 is 0 Å². The van der Waals surface area contributed by atoms with Gasteiger partial charge in [-0.15, -0.1) is 0 Å². The van der Waals surface area contributed by atoms with E-state index in [1.165, 1.54) is 16.7 Å². The molecule has 0 N–H and O–H groups in total. The molecule has 0 amide bonds. The van der Waals surface area contributed by atoms with Crippen molar-refractivity contribution in [3.8, 4) is 45.0 Å². The zero-order chi connectivity index (χ0) is 29.6. The van der Waals surface area contributed by atoms with Crippen LogP contribution in [-0.2, 0) is 6.42 Å². The second kappa shape index (κ2) is 12.7. The van der Waals surface area contributed by atoms with E-state index in [1.54, 1.807) is 0 Å². The summed E-state index contributed by atoms with van der Waals surface area (Å²) in [6.07, 6.45) is 0.847. The maximum Gasteiger partial charge on any atom is 0.0712 e. The Morgan fingerprint density at radius 2 is 0.614 bits per heavy atom. The molecule has 0 saturated heterocycles. The van der Waals surface area contributed by atoms with Gasteiger partial charge in [0.25, 0.3) is 0 Å². The summed E-state index contributed by atoms with van der Waals surface area (Å²) in [5.41, 5.74) is 12.1. The first-order valence-electron chi connectivity index (χ1n) is 15.1. The van der Waals surface area contributed by atoms with Gasteiger partial charge in [0.15, 0.2) is 0 Å². The predicted molar refractivity (Wildman–Crippen MR) is 182 cm³/mol. The summed E-state index contributed by atoms with van der Waals surface area (Å²) in [6, 6.07) is 61.8. The van der Waals surface area contributed by atoms with Crippen molar-refractivity contribution in [2.24, 2.45) is 0 Å². The molecule has 210 valence electrons. The van der Waals surface area contributed by atoms with E-state index in [2.05, 4.69) is 176 Å². The van der Waals surface area contributed by atoms with Gasteiger partial charge in [-0.3, -0.25) is 0 Å². The summed E-state index contributed by atoms with van der Waals surface area (Å²) in [5, 5.41) is 0. The van der Waals surface area contributed by atoms with Crippen molar-refractivity contribution in [1.82, 2.24) is 9.97 Å². The van der Waals surface area contributed by atoms with Gasteiger partial charge >= 0.3 is 0 Å². The van der Waals surface area contributed by atoms with Crippen LogP contribution in [0, 0.1) is 0 Å². The minimum absolute atomic E-state index is 0.0678. The lowest BCUT2D eigenvalue weighted by molar-refractivity contribution is 0.802. The lowest BCUT2D eigenvalue weighted by Crippen LogP contribution is -2.08. The van der Waals surface area contributed by atoms with Crippen LogP contribution in [0.15, 0.2) is 176 Å². The van der Waals surface area contributed by atoms with Crippen LogP contribution < -0.4 is 0 Å². The monoisotopic (exact) mass is 564 g/mol. The Morgan fingerprint density at radius 3 is 0.909 bits per heavy atom. The summed E-state index contributed by atoms with van der Waals surface area (Å²) >= 11 is 0. The van der Waals surface area contributed by atoms with Gasteiger partial charge in [0, 0.05) is 28.2 Å². The van der Waals surface area contributed by atoms with Crippen LogP contribution in [0.5, 0.6) is 0 Å². The molecule has 2 heteroatoms. The smallest absolute Gasteiger partial charge is 0.0712 e. The molecule has 2 aromatic heterocycles. The van der Waals surface area contributed by atoms with Crippen molar-refractivity contribution < 1.29 is 0 Å². The highest BCUT2D eigenvalue weighted by molar-refractivity contribution is 5.71. The highest BCUT2D eigenvalue weighted by Crippen LogP contribution is 2.37. The van der Waals surface area contributed by atoms with E-state index in [1.807, 2.05) is 0 Å². The molecular formula is C42H32N2. The first-order chi connectivity index (χ1) is 21.8. The fourth-order valence-corrected chi connectivity index (χ4v) is 5.81. The number of hydrogen-bond acceptors (Lipinski definition) is 2. The van der Waals surface area contributed by atoms with Crippen molar-refractivity contribution in [3.05, 3.63) is 193 Å². The van der Waals surface area contributed by atoms with E-state index in [-0.39, 0.29) is 5.92 Å². The van der Waals surface area contributed by atoms with Crippen molar-refractivity contribution in [2.45, 2.75) is 12.3 Å². The van der Waals surface area contributed by atoms with Crippen LogP contribution in [-0.4, -0.2) is 9.97 Å². The van der Waals surface area contributed by atoms with E-state index in [4.69, 9.17) is 9.97 Å². The average Bonchev–Trinajstić information content (AvgIpc) is 3.12. The highest BCUT2D eigenvalue weighted by Gasteiger charge is 2.21. The highest BCUT2D eigenvalue weighted by atomic mass is 14.7. The summed E-state index contributed by atoms with van der Waals surface area (Å²) < 4.78 is 0. The molecule has 0 unspecified atom stereocenters. The summed E-state index contributed by atoms with van der Waals surface area (Å²) in [5.74, 6) is 0.0678. The van der Waals surface area contributed by atoms with Crippen molar-refractivity contribution in [2.75, 3.05) is 0 Å². The van der Waals surface area contributed by atoms with Crippen LogP contribution in [0.1, 0.15) is 22.6 Å². The molecule has 2 heterocycles. The molecule has 7 aromatic rings. The quantitative estimate of drug-likeness (QED) is 0.183. The molecular weight excluding hydrogens is 532 g/mol. The second-order valence-electron chi connectivity index (χ2n) is 11.0. The fraction of sp³-hybridized carbons (Fsp3) is 0.0476. The van der Waals surface area contributed by atoms with Gasteiger partial charge in [0.2, 0.25) is 0 Å². The molecule has 7 rings (SSSR count). The molecule has 0 aliphatic rings. The lowest BCUT2D eigenvalue weighted by atomic mass is 9.84. The summed E-state index contributed by atoms with van der Waals surface area (Å²) in [4.78, 5) is 10.3. The van der Waals surface area contributed by atoms with Crippen molar-refractivity contribution in [1.29, 1.82) is 0 Å². The number of benzene rings is 5. The van der Waals surface area contributed by atoms with Gasteiger partial charge in [-0.05, 0) is 47.4 Å². The van der Waals surface area contributed by atoms with E-state index < -0.39 is 0 Å². The minimum Gasteiger partial charge on any atom is -0.248 e. The normalized spacial score (nSPS) is 11.0. The third-order valence-electron chi connectivity index (χ3n) is 8.06. The first-order valence-corrected chi connectivity index (χ1v) is 15.1. The van der Waals surface area contributed by atoms with Gasteiger partial charge in [0.05, 0.1) is 22.8 Å². The Balaban J connectivity index is 1.46. The molecule has 0 aliphatic heterocycles. The molecule has 0 spiro atoms. The molecule has 0 bridgehead atoms. The van der Waals surface area contributed by atoms with Gasteiger partial charge in [-0.1, -0.05) is 152 Å². The van der Waals surface area contributed by atoms with Crippen LogP contribution in [0.2, 0.25) is 0 Å². The standard InChI is InChI=1S/C42H32N2/c1-6-16-31(17-7-1)26-38(36-27-39(32-18-8-2-9-19-32)43-40(28-36)33-20-10-3-11-21-33)37-29-41(34-22-12-4-13-23-34)44-42(30-37)35-24-14-5-15-25-35/h1-25,27-30,38H,26H2. The van der Waals surface area contributed by atoms with Crippen LogP contribution >= 0.6 is 0 Å². The topological polar surface area (TPSA) is 25.8 Å². The number of rotatable bonds is 8. The molecule has 0 atom stereocenters. The van der Waals surface area contributed by atoms with Crippen LogP contribution in [0.25, 0.3) is 45.0 Å². The molecule has 0 fully saturated rings. The van der Waals surface area contributed by atoms with Crippen LogP contribution in [0.3, 0.4) is 0 Å². The molecule has 2 nitrogen and oxygen atoms in total. The average molecular weight is 565 g/mol. The largest absolute Gasteiger partial charge is 0.248 e. The van der Waals surface area contributed by atoms with E-state index in [0.29, 0.717) is 0 Å². The Bertz CT molecular complexity index is 1710. The Morgan fingerprint density at radius 1 is 0.341 bits per heavy atom. The fourth-order valence-electron chi connectivity index (χ4n) is 5.81. The SMILES string of the molecule is c1ccc(CC(c2cc(-c3ccccc3)nc(-c3ccccc3)c2)c2cc(-c3ccccc3)nc(-c3ccccc3)c2)cc1. The summed E-state index contributed by atoms with van der Waals surface area (Å²) in [6.45, 7) is 0. The van der Waals surface area contributed by atoms with E-state index >= 15 is 0 Å². The molecule has 0 saturated carbocycles. The zero-order valence-corrected chi connectivity index (χ0v) is 24.4. The lowest BCUT2D eigenvalue weighted by Gasteiger charge is -2.22. The van der Waals surface area contributed by atoms with E-state index in [9.17, 15) is 0 Å². The molecule has 0 radical (unpaired) electrons. The first kappa shape index (κ1) is 27.2.